The lowest BCUT2D eigenvalue weighted by Crippen LogP contribution is -2.52. The van der Waals surface area contributed by atoms with Crippen LogP contribution in [0.4, 0.5) is 0 Å². The molecule has 6 heteroatoms. The molecule has 0 aliphatic heterocycles. The third-order valence-corrected chi connectivity index (χ3v) is 5.29. The van der Waals surface area contributed by atoms with E-state index in [0.717, 1.165) is 12.0 Å². The minimum absolute atomic E-state index is 0.0532. The van der Waals surface area contributed by atoms with E-state index in [1.807, 2.05) is 63.2 Å². The van der Waals surface area contributed by atoms with Gasteiger partial charge in [0.15, 0.2) is 18.1 Å². The Balaban J connectivity index is 2.15. The molecule has 2 rings (SSSR count). The molecular formula is C25H34N2O4. The summed E-state index contributed by atoms with van der Waals surface area (Å²) in [6, 6.07) is 16.6. The van der Waals surface area contributed by atoms with Gasteiger partial charge in [-0.1, -0.05) is 56.3 Å². The summed E-state index contributed by atoms with van der Waals surface area (Å²) >= 11 is 0. The Labute approximate surface area is 185 Å². The molecule has 0 aliphatic rings. The molecule has 0 aromatic heterocycles. The van der Waals surface area contributed by atoms with E-state index in [1.54, 1.807) is 24.1 Å². The van der Waals surface area contributed by atoms with Gasteiger partial charge >= 0.3 is 0 Å². The lowest BCUT2D eigenvalue weighted by Gasteiger charge is -2.31. The second-order valence-electron chi connectivity index (χ2n) is 7.50. The molecule has 1 N–H and O–H groups in total. The Morgan fingerprint density at radius 1 is 0.968 bits per heavy atom. The maximum absolute atomic E-state index is 13.2. The molecule has 0 fully saturated rings. The van der Waals surface area contributed by atoms with Gasteiger partial charge in [-0.15, -0.1) is 0 Å². The predicted molar refractivity (Wildman–Crippen MR) is 122 cm³/mol. The minimum atomic E-state index is -0.550. The fourth-order valence-corrected chi connectivity index (χ4v) is 3.30. The van der Waals surface area contributed by atoms with Crippen LogP contribution in [0.1, 0.15) is 39.2 Å². The van der Waals surface area contributed by atoms with Gasteiger partial charge in [-0.25, -0.2) is 0 Å². The van der Waals surface area contributed by atoms with Crippen LogP contribution in [0.5, 0.6) is 11.5 Å². The molecule has 31 heavy (non-hydrogen) atoms. The van der Waals surface area contributed by atoms with Crippen LogP contribution in [0.15, 0.2) is 54.6 Å². The number of rotatable bonds is 12. The molecule has 2 aromatic carbocycles. The molecule has 0 aliphatic carbocycles. The molecule has 0 unspecified atom stereocenters. The number of benzene rings is 2. The van der Waals surface area contributed by atoms with E-state index >= 15 is 0 Å². The summed E-state index contributed by atoms with van der Waals surface area (Å²) in [5, 5.41) is 3.01. The fraction of sp³-hybridized carbons (Fsp3) is 0.440. The first-order valence-electron chi connectivity index (χ1n) is 10.9. The van der Waals surface area contributed by atoms with Gasteiger partial charge in [0.05, 0.1) is 7.11 Å². The molecule has 0 heterocycles. The van der Waals surface area contributed by atoms with Gasteiger partial charge in [0, 0.05) is 12.6 Å². The number of carbonyl (C=O) groups is 2. The largest absolute Gasteiger partial charge is 0.493 e. The van der Waals surface area contributed by atoms with Crippen molar-refractivity contribution in [3.63, 3.8) is 0 Å². The molecule has 2 amide bonds. The molecule has 168 valence electrons. The number of methoxy groups -OCH3 is 1. The molecule has 0 radical (unpaired) electrons. The first kappa shape index (κ1) is 24.3. The average molecular weight is 427 g/mol. The van der Waals surface area contributed by atoms with Crippen LogP contribution >= 0.6 is 0 Å². The number of amides is 2. The second kappa shape index (κ2) is 12.6. The highest BCUT2D eigenvalue weighted by Gasteiger charge is 2.29. The van der Waals surface area contributed by atoms with Crippen LogP contribution in [-0.4, -0.2) is 49.1 Å². The highest BCUT2D eigenvalue weighted by atomic mass is 16.5. The number of para-hydroxylation sites is 2. The van der Waals surface area contributed by atoms with E-state index < -0.39 is 6.04 Å². The second-order valence-corrected chi connectivity index (χ2v) is 7.50. The third-order valence-electron chi connectivity index (χ3n) is 5.29. The van der Waals surface area contributed by atoms with Crippen molar-refractivity contribution < 1.29 is 19.1 Å². The first-order chi connectivity index (χ1) is 15.0. The molecular weight excluding hydrogens is 392 g/mol. The van der Waals surface area contributed by atoms with Gasteiger partial charge < -0.3 is 19.7 Å². The van der Waals surface area contributed by atoms with Gasteiger partial charge in [0.25, 0.3) is 5.91 Å². The molecule has 0 bridgehead atoms. The maximum atomic E-state index is 13.2. The van der Waals surface area contributed by atoms with Crippen molar-refractivity contribution in [1.82, 2.24) is 10.2 Å². The molecule has 0 saturated heterocycles. The number of ether oxygens (including phenoxy) is 2. The van der Waals surface area contributed by atoms with Crippen molar-refractivity contribution in [3.05, 3.63) is 60.2 Å². The lowest BCUT2D eigenvalue weighted by molar-refractivity contribution is -0.142. The van der Waals surface area contributed by atoms with Gasteiger partial charge in [0.2, 0.25) is 5.91 Å². The normalized spacial score (nSPS) is 12.5. The maximum Gasteiger partial charge on any atom is 0.261 e. The topological polar surface area (TPSA) is 67.9 Å². The summed E-state index contributed by atoms with van der Waals surface area (Å²) < 4.78 is 11.0. The van der Waals surface area contributed by atoms with Gasteiger partial charge in [-0.05, 0) is 43.9 Å². The van der Waals surface area contributed by atoms with Crippen LogP contribution in [-0.2, 0) is 16.0 Å². The average Bonchev–Trinajstić information content (AvgIpc) is 2.80. The van der Waals surface area contributed by atoms with Crippen LogP contribution in [0.3, 0.4) is 0 Å². The number of nitrogens with one attached hydrogen (secondary N) is 1. The van der Waals surface area contributed by atoms with Gasteiger partial charge in [-0.2, -0.15) is 0 Å². The van der Waals surface area contributed by atoms with Crippen LogP contribution in [0, 0.1) is 0 Å². The van der Waals surface area contributed by atoms with Crippen LogP contribution < -0.4 is 14.8 Å². The van der Waals surface area contributed by atoms with E-state index in [0.29, 0.717) is 30.9 Å². The highest BCUT2D eigenvalue weighted by molar-refractivity contribution is 5.88. The monoisotopic (exact) mass is 426 g/mol. The predicted octanol–water partition coefficient (Wildman–Crippen LogP) is 3.84. The summed E-state index contributed by atoms with van der Waals surface area (Å²) in [4.78, 5) is 27.7. The third kappa shape index (κ3) is 7.31. The minimum Gasteiger partial charge on any atom is -0.493 e. The van der Waals surface area contributed by atoms with Crippen molar-refractivity contribution in [1.29, 1.82) is 0 Å². The van der Waals surface area contributed by atoms with Gasteiger partial charge in [-0.3, -0.25) is 9.59 Å². The lowest BCUT2D eigenvalue weighted by atomic mass is 10.1. The Kier molecular flexibility index (Phi) is 9.88. The number of carbonyl (C=O) groups excluding carboxylic acids is 2. The zero-order chi connectivity index (χ0) is 22.6. The Morgan fingerprint density at radius 2 is 1.61 bits per heavy atom. The standard InChI is InChI=1S/C25H34N2O4/c1-5-19(3)26-25(29)21(6-2)27(17-16-20-12-8-7-9-13-20)24(28)18-31-23-15-11-10-14-22(23)30-4/h7-15,19,21H,5-6,16-18H2,1-4H3,(H,26,29)/t19-,21-/m0/s1. The number of hydrogen-bond donors (Lipinski definition) is 1. The molecule has 6 nitrogen and oxygen atoms in total. The van der Waals surface area contributed by atoms with Crippen molar-refractivity contribution >= 4 is 11.8 Å². The molecule has 2 atom stereocenters. The smallest absolute Gasteiger partial charge is 0.261 e. The van der Waals surface area contributed by atoms with Crippen LogP contribution in [0.25, 0.3) is 0 Å². The summed E-state index contributed by atoms with van der Waals surface area (Å²) in [6.45, 7) is 6.18. The van der Waals surface area contributed by atoms with E-state index in [4.69, 9.17) is 9.47 Å². The van der Waals surface area contributed by atoms with E-state index in [2.05, 4.69) is 5.32 Å². The Hall–Kier alpha value is -3.02. The van der Waals surface area contributed by atoms with E-state index in [9.17, 15) is 9.59 Å². The van der Waals surface area contributed by atoms with Crippen molar-refractivity contribution in [2.45, 2.75) is 52.1 Å². The van der Waals surface area contributed by atoms with Crippen molar-refractivity contribution in [2.75, 3.05) is 20.3 Å². The zero-order valence-electron chi connectivity index (χ0n) is 19.0. The zero-order valence-corrected chi connectivity index (χ0v) is 19.0. The van der Waals surface area contributed by atoms with Gasteiger partial charge in [0.1, 0.15) is 6.04 Å². The van der Waals surface area contributed by atoms with Crippen molar-refractivity contribution in [2.24, 2.45) is 0 Å². The SMILES string of the molecule is CC[C@H](C)NC(=O)[C@H](CC)N(CCc1ccccc1)C(=O)COc1ccccc1OC. The van der Waals surface area contributed by atoms with Crippen LogP contribution in [0.2, 0.25) is 0 Å². The summed E-state index contributed by atoms with van der Waals surface area (Å²) in [5.41, 5.74) is 1.11. The summed E-state index contributed by atoms with van der Waals surface area (Å²) in [6.07, 6.45) is 2.02. The summed E-state index contributed by atoms with van der Waals surface area (Å²) in [7, 11) is 1.56. The van der Waals surface area contributed by atoms with E-state index in [1.165, 1.54) is 0 Å². The summed E-state index contributed by atoms with van der Waals surface area (Å²) in [5.74, 6) is 0.703. The quantitative estimate of drug-likeness (QED) is 0.560. The number of nitrogens with zero attached hydrogens (tertiary/aromatic N) is 1. The fourth-order valence-electron chi connectivity index (χ4n) is 3.30. The van der Waals surface area contributed by atoms with Crippen molar-refractivity contribution in [3.8, 4) is 11.5 Å². The first-order valence-corrected chi connectivity index (χ1v) is 10.9. The molecule has 2 aromatic rings. The highest BCUT2D eigenvalue weighted by Crippen LogP contribution is 2.25. The Morgan fingerprint density at radius 3 is 2.23 bits per heavy atom. The van der Waals surface area contributed by atoms with E-state index in [-0.39, 0.29) is 24.5 Å². The Bertz CT molecular complexity index is 825. The molecule has 0 spiro atoms. The molecule has 0 saturated carbocycles. The number of hydrogen-bond acceptors (Lipinski definition) is 4.